The van der Waals surface area contributed by atoms with Crippen LogP contribution in [0, 0.1) is 10.1 Å². The van der Waals surface area contributed by atoms with Crippen molar-refractivity contribution < 1.29 is 9.66 Å². The van der Waals surface area contributed by atoms with Gasteiger partial charge >= 0.3 is 0 Å². The fourth-order valence-electron chi connectivity index (χ4n) is 3.36. The summed E-state index contributed by atoms with van der Waals surface area (Å²) < 4.78 is 8.82. The third kappa shape index (κ3) is 3.76. The highest BCUT2D eigenvalue weighted by Crippen LogP contribution is 2.27. The number of nitrogens with zero attached hydrogens (tertiary/aromatic N) is 3. The summed E-state index contributed by atoms with van der Waals surface area (Å²) in [6.45, 7) is 0.277. The lowest BCUT2D eigenvalue weighted by molar-refractivity contribution is -0.384. The number of benzene rings is 3. The van der Waals surface area contributed by atoms with E-state index in [9.17, 15) is 14.9 Å². The Kier molecular flexibility index (Phi) is 5.20. The Morgan fingerprint density at radius 1 is 1.12 bits per heavy atom. The highest BCUT2D eigenvalue weighted by atomic mass is 79.9. The van der Waals surface area contributed by atoms with Crippen LogP contribution in [0.2, 0.25) is 0 Å². The van der Waals surface area contributed by atoms with Crippen molar-refractivity contribution in [1.82, 2.24) is 9.38 Å². The molecular weight excluding hydrogens is 494 g/mol. The van der Waals surface area contributed by atoms with Gasteiger partial charge in [0.2, 0.25) is 0 Å². The summed E-state index contributed by atoms with van der Waals surface area (Å²) >= 11 is 4.87. The van der Waals surface area contributed by atoms with Crippen molar-refractivity contribution in [3.05, 3.63) is 107 Å². The molecule has 32 heavy (non-hydrogen) atoms. The molecule has 0 N–H and O–H groups in total. The summed E-state index contributed by atoms with van der Waals surface area (Å²) in [7, 11) is 0. The number of hydrogen-bond acceptors (Lipinski definition) is 6. The molecular formula is C23H14BrN3O4S. The van der Waals surface area contributed by atoms with Crippen LogP contribution in [-0.2, 0) is 6.61 Å². The summed E-state index contributed by atoms with van der Waals surface area (Å²) in [6, 6.07) is 19.4. The number of ether oxygens (including phenoxy) is 1. The zero-order valence-electron chi connectivity index (χ0n) is 16.4. The molecule has 2 heterocycles. The number of imidazole rings is 1. The maximum absolute atomic E-state index is 12.9. The van der Waals surface area contributed by atoms with Gasteiger partial charge in [-0.1, -0.05) is 29.5 Å². The second-order valence-corrected chi connectivity index (χ2v) is 8.90. The van der Waals surface area contributed by atoms with E-state index in [2.05, 4.69) is 20.9 Å². The molecule has 0 aliphatic rings. The zero-order valence-corrected chi connectivity index (χ0v) is 18.8. The summed E-state index contributed by atoms with van der Waals surface area (Å²) in [5.41, 5.74) is 3.24. The normalized spacial score (nSPS) is 12.0. The Balaban J connectivity index is 1.39. The SMILES string of the molecule is O=c1/c(=C/c2ccc(OCc3ccc([N+](=O)[O-])cc3)c(Br)c2)sc2nc3ccccc3n12. The van der Waals surface area contributed by atoms with Gasteiger partial charge in [-0.2, -0.15) is 0 Å². The van der Waals surface area contributed by atoms with E-state index in [1.165, 1.54) is 23.5 Å². The Morgan fingerprint density at radius 2 is 1.91 bits per heavy atom. The highest BCUT2D eigenvalue weighted by Gasteiger charge is 2.11. The molecule has 0 saturated heterocycles. The smallest absolute Gasteiger partial charge is 0.274 e. The topological polar surface area (TPSA) is 86.7 Å². The van der Waals surface area contributed by atoms with Crippen LogP contribution in [0.3, 0.4) is 0 Å². The molecule has 2 aromatic heterocycles. The number of rotatable bonds is 5. The van der Waals surface area contributed by atoms with Crippen LogP contribution in [0.1, 0.15) is 11.1 Å². The number of nitro benzene ring substituents is 1. The van der Waals surface area contributed by atoms with E-state index in [-0.39, 0.29) is 17.9 Å². The minimum atomic E-state index is -0.433. The number of halogens is 1. The number of aromatic nitrogens is 2. The van der Waals surface area contributed by atoms with Crippen LogP contribution < -0.4 is 14.8 Å². The van der Waals surface area contributed by atoms with Gasteiger partial charge in [0, 0.05) is 12.1 Å². The average molecular weight is 508 g/mol. The molecule has 5 aromatic rings. The molecule has 0 aliphatic heterocycles. The zero-order chi connectivity index (χ0) is 22.2. The number of nitro groups is 1. The van der Waals surface area contributed by atoms with Gasteiger partial charge in [-0.3, -0.25) is 14.9 Å². The van der Waals surface area contributed by atoms with Gasteiger partial charge < -0.3 is 4.74 Å². The lowest BCUT2D eigenvalue weighted by atomic mass is 10.2. The molecule has 9 heteroatoms. The quantitative estimate of drug-likeness (QED) is 0.254. The molecule has 0 spiro atoms. The van der Waals surface area contributed by atoms with E-state index in [4.69, 9.17) is 4.74 Å². The summed E-state index contributed by atoms with van der Waals surface area (Å²) in [4.78, 5) is 28.4. The Labute approximate surface area is 193 Å². The van der Waals surface area contributed by atoms with Crippen molar-refractivity contribution in [1.29, 1.82) is 0 Å². The van der Waals surface area contributed by atoms with Crippen molar-refractivity contribution in [3.63, 3.8) is 0 Å². The molecule has 158 valence electrons. The van der Waals surface area contributed by atoms with Gasteiger partial charge in [0.25, 0.3) is 11.2 Å². The van der Waals surface area contributed by atoms with Crippen LogP contribution in [0.25, 0.3) is 22.1 Å². The summed E-state index contributed by atoms with van der Waals surface area (Å²) in [5, 5.41) is 10.8. The van der Waals surface area contributed by atoms with Crippen LogP contribution in [0.15, 0.2) is 76.0 Å². The van der Waals surface area contributed by atoms with E-state index < -0.39 is 4.92 Å². The standard InChI is InChI=1S/C23H14BrN3O4S/c24-17-11-15(7-10-20(17)31-13-14-5-8-16(9-6-14)27(29)30)12-21-22(28)26-19-4-2-1-3-18(19)25-23(26)32-21/h1-12H,13H2/b21-12-. The van der Waals surface area contributed by atoms with Crippen molar-refractivity contribution >= 4 is 55.0 Å². The maximum atomic E-state index is 12.9. The first-order chi connectivity index (χ1) is 15.5. The van der Waals surface area contributed by atoms with Crippen LogP contribution in [0.4, 0.5) is 5.69 Å². The molecule has 3 aromatic carbocycles. The van der Waals surface area contributed by atoms with E-state index in [1.54, 1.807) is 16.5 Å². The first kappa shape index (κ1) is 20.3. The minimum absolute atomic E-state index is 0.0431. The average Bonchev–Trinajstić information content (AvgIpc) is 3.29. The maximum Gasteiger partial charge on any atom is 0.274 e. The molecule has 0 amide bonds. The van der Waals surface area contributed by atoms with Crippen molar-refractivity contribution in [2.75, 3.05) is 0 Å². The van der Waals surface area contributed by atoms with Crippen molar-refractivity contribution in [2.45, 2.75) is 6.61 Å². The number of hydrogen-bond donors (Lipinski definition) is 0. The molecule has 0 fully saturated rings. The first-order valence-electron chi connectivity index (χ1n) is 9.57. The fraction of sp³-hybridized carbons (Fsp3) is 0.0435. The van der Waals surface area contributed by atoms with E-state index in [1.807, 2.05) is 48.5 Å². The van der Waals surface area contributed by atoms with E-state index in [0.717, 1.165) is 26.6 Å². The molecule has 0 aliphatic carbocycles. The number of para-hydroxylation sites is 2. The lowest BCUT2D eigenvalue weighted by Crippen LogP contribution is -2.22. The van der Waals surface area contributed by atoms with Crippen molar-refractivity contribution in [3.8, 4) is 5.75 Å². The second kappa shape index (κ2) is 8.18. The molecule has 0 bridgehead atoms. The van der Waals surface area contributed by atoms with Gasteiger partial charge in [0.05, 0.1) is 25.0 Å². The van der Waals surface area contributed by atoms with Gasteiger partial charge in [-0.25, -0.2) is 9.38 Å². The van der Waals surface area contributed by atoms with E-state index >= 15 is 0 Å². The predicted octanol–water partition coefficient (Wildman–Crippen LogP) is 4.71. The lowest BCUT2D eigenvalue weighted by Gasteiger charge is -2.09. The molecule has 0 saturated carbocycles. The Bertz CT molecular complexity index is 1590. The number of non-ortho nitro benzene ring substituents is 1. The van der Waals surface area contributed by atoms with Crippen LogP contribution in [-0.4, -0.2) is 14.3 Å². The first-order valence-corrected chi connectivity index (χ1v) is 11.2. The molecule has 0 atom stereocenters. The molecule has 5 rings (SSSR count). The van der Waals surface area contributed by atoms with Gasteiger partial charge in [-0.05, 0) is 69.5 Å². The summed E-state index contributed by atoms with van der Waals surface area (Å²) in [5.74, 6) is 0.634. The molecule has 0 radical (unpaired) electrons. The Morgan fingerprint density at radius 3 is 2.66 bits per heavy atom. The van der Waals surface area contributed by atoms with Gasteiger partial charge in [0.15, 0.2) is 4.96 Å². The third-order valence-corrected chi connectivity index (χ3v) is 6.53. The molecule has 7 nitrogen and oxygen atoms in total. The van der Waals surface area contributed by atoms with Gasteiger partial charge in [0.1, 0.15) is 12.4 Å². The molecule has 0 unspecified atom stereocenters. The number of thiazole rings is 1. The largest absolute Gasteiger partial charge is 0.488 e. The second-order valence-electron chi connectivity index (χ2n) is 7.04. The minimum Gasteiger partial charge on any atom is -0.488 e. The summed E-state index contributed by atoms with van der Waals surface area (Å²) in [6.07, 6.45) is 1.83. The van der Waals surface area contributed by atoms with Crippen LogP contribution >= 0.6 is 27.3 Å². The monoisotopic (exact) mass is 507 g/mol. The Hall–Kier alpha value is -3.56. The highest BCUT2D eigenvalue weighted by molar-refractivity contribution is 9.10. The predicted molar refractivity (Wildman–Crippen MR) is 127 cm³/mol. The third-order valence-electron chi connectivity index (χ3n) is 4.94. The van der Waals surface area contributed by atoms with Gasteiger partial charge in [-0.15, -0.1) is 0 Å². The van der Waals surface area contributed by atoms with Crippen molar-refractivity contribution in [2.24, 2.45) is 0 Å². The van der Waals surface area contributed by atoms with Crippen LogP contribution in [0.5, 0.6) is 5.75 Å². The van der Waals surface area contributed by atoms with E-state index in [0.29, 0.717) is 15.2 Å². The number of fused-ring (bicyclic) bond motifs is 3. The fourth-order valence-corrected chi connectivity index (χ4v) is 4.86.